The molecule has 0 bridgehead atoms. The van der Waals surface area contributed by atoms with Crippen molar-refractivity contribution in [1.29, 1.82) is 0 Å². The second-order valence-corrected chi connectivity index (χ2v) is 7.54. The summed E-state index contributed by atoms with van der Waals surface area (Å²) in [6.07, 6.45) is 3.32. The van der Waals surface area contributed by atoms with Crippen LogP contribution in [0.4, 0.5) is 14.5 Å². The third-order valence-electron chi connectivity index (χ3n) is 4.49. The second-order valence-electron chi connectivity index (χ2n) is 6.60. The molecule has 0 radical (unpaired) electrons. The molecule has 4 aromatic rings. The minimum Gasteiger partial charge on any atom is -0.320 e. The van der Waals surface area contributed by atoms with Gasteiger partial charge in [-0.05, 0) is 42.8 Å². The van der Waals surface area contributed by atoms with E-state index in [4.69, 9.17) is 0 Å². The molecule has 0 saturated heterocycles. The van der Waals surface area contributed by atoms with E-state index in [1.54, 1.807) is 12.4 Å². The molecular weight excluding hydrogens is 420 g/mol. The van der Waals surface area contributed by atoms with E-state index >= 15 is 0 Å². The molecular formula is C22H17F2N5OS. The predicted octanol–water partition coefficient (Wildman–Crippen LogP) is 4.65. The lowest BCUT2D eigenvalue weighted by molar-refractivity contribution is -0.113. The average Bonchev–Trinajstić information content (AvgIpc) is 3.19. The normalized spacial score (nSPS) is 10.8. The number of pyridine rings is 1. The minimum absolute atomic E-state index is 0.103. The van der Waals surface area contributed by atoms with E-state index < -0.39 is 23.2 Å². The van der Waals surface area contributed by atoms with Crippen molar-refractivity contribution in [2.75, 3.05) is 11.1 Å². The summed E-state index contributed by atoms with van der Waals surface area (Å²) in [5, 5.41) is 11.3. The quantitative estimate of drug-likeness (QED) is 0.445. The summed E-state index contributed by atoms with van der Waals surface area (Å²) in [6, 6.07) is 14.8. The Morgan fingerprint density at radius 2 is 1.71 bits per heavy atom. The molecule has 0 aliphatic heterocycles. The number of anilines is 1. The van der Waals surface area contributed by atoms with Crippen molar-refractivity contribution >= 4 is 23.4 Å². The molecule has 1 N–H and O–H groups in total. The van der Waals surface area contributed by atoms with Crippen LogP contribution >= 0.6 is 11.8 Å². The number of nitrogens with one attached hydrogen (secondary N) is 1. The number of carbonyl (C=O) groups is 1. The van der Waals surface area contributed by atoms with Gasteiger partial charge in [-0.15, -0.1) is 10.2 Å². The molecule has 0 aliphatic carbocycles. The number of hydrogen-bond donors (Lipinski definition) is 1. The number of aromatic nitrogens is 4. The SMILES string of the molecule is Cc1ccccc1-n1c(SCC(=O)Nc2c(F)cccc2F)nnc1-c1ccncc1. The summed E-state index contributed by atoms with van der Waals surface area (Å²) in [6.45, 7) is 1.97. The van der Waals surface area contributed by atoms with E-state index in [0.29, 0.717) is 11.0 Å². The number of hydrogen-bond acceptors (Lipinski definition) is 5. The number of thioether (sulfide) groups is 1. The van der Waals surface area contributed by atoms with Crippen LogP contribution in [0.3, 0.4) is 0 Å². The minimum atomic E-state index is -0.832. The molecule has 9 heteroatoms. The van der Waals surface area contributed by atoms with E-state index in [2.05, 4.69) is 20.5 Å². The van der Waals surface area contributed by atoms with Crippen LogP contribution in [-0.4, -0.2) is 31.4 Å². The molecule has 6 nitrogen and oxygen atoms in total. The Kier molecular flexibility index (Phi) is 6.03. The number of carbonyl (C=O) groups excluding carboxylic acids is 1. The fourth-order valence-corrected chi connectivity index (χ4v) is 3.75. The maximum atomic E-state index is 13.8. The first-order chi connectivity index (χ1) is 15.0. The number of rotatable bonds is 6. The maximum Gasteiger partial charge on any atom is 0.235 e. The lowest BCUT2D eigenvalue weighted by atomic mass is 10.2. The van der Waals surface area contributed by atoms with Crippen molar-refractivity contribution in [1.82, 2.24) is 19.7 Å². The zero-order valence-electron chi connectivity index (χ0n) is 16.4. The Bertz CT molecular complexity index is 1210. The van der Waals surface area contributed by atoms with Crippen LogP contribution in [0.2, 0.25) is 0 Å². The van der Waals surface area contributed by atoms with Gasteiger partial charge in [-0.1, -0.05) is 36.0 Å². The van der Waals surface area contributed by atoms with Crippen molar-refractivity contribution in [3.63, 3.8) is 0 Å². The molecule has 0 atom stereocenters. The van der Waals surface area contributed by atoms with E-state index in [1.165, 1.54) is 6.07 Å². The first-order valence-corrected chi connectivity index (χ1v) is 10.3. The molecule has 0 fully saturated rings. The summed E-state index contributed by atoms with van der Waals surface area (Å²) in [7, 11) is 0. The molecule has 0 unspecified atom stereocenters. The highest BCUT2D eigenvalue weighted by atomic mass is 32.2. The summed E-state index contributed by atoms with van der Waals surface area (Å²) >= 11 is 1.12. The number of aryl methyl sites for hydroxylation is 1. The number of benzene rings is 2. The Hall–Kier alpha value is -3.59. The van der Waals surface area contributed by atoms with E-state index in [-0.39, 0.29) is 5.75 Å². The van der Waals surface area contributed by atoms with Gasteiger partial charge in [0.25, 0.3) is 0 Å². The molecule has 2 aromatic carbocycles. The van der Waals surface area contributed by atoms with Gasteiger partial charge in [0.1, 0.15) is 17.3 Å². The molecule has 156 valence electrons. The molecule has 2 heterocycles. The van der Waals surface area contributed by atoms with Gasteiger partial charge in [0.15, 0.2) is 11.0 Å². The van der Waals surface area contributed by atoms with Crippen LogP contribution in [0.5, 0.6) is 0 Å². The first kappa shape index (κ1) is 20.7. The predicted molar refractivity (Wildman–Crippen MR) is 115 cm³/mol. The molecule has 4 rings (SSSR count). The molecule has 1 amide bonds. The van der Waals surface area contributed by atoms with Crippen molar-refractivity contribution < 1.29 is 13.6 Å². The van der Waals surface area contributed by atoms with Crippen molar-refractivity contribution in [2.24, 2.45) is 0 Å². The van der Waals surface area contributed by atoms with E-state index in [1.807, 2.05) is 47.9 Å². The fourth-order valence-electron chi connectivity index (χ4n) is 3.01. The van der Waals surface area contributed by atoms with Gasteiger partial charge in [-0.2, -0.15) is 0 Å². The second kappa shape index (κ2) is 9.05. The van der Waals surface area contributed by atoms with E-state index in [9.17, 15) is 13.6 Å². The first-order valence-electron chi connectivity index (χ1n) is 9.33. The van der Waals surface area contributed by atoms with Crippen LogP contribution in [0.1, 0.15) is 5.56 Å². The topological polar surface area (TPSA) is 72.7 Å². The molecule has 0 spiro atoms. The van der Waals surface area contributed by atoms with E-state index in [0.717, 1.165) is 40.7 Å². The number of nitrogens with zero attached hydrogens (tertiary/aromatic N) is 4. The van der Waals surface area contributed by atoms with Crippen LogP contribution in [0.25, 0.3) is 17.1 Å². The highest BCUT2D eigenvalue weighted by Gasteiger charge is 2.19. The summed E-state index contributed by atoms with van der Waals surface area (Å²) < 4.78 is 29.5. The standard InChI is InChI=1S/C22H17F2N5OS/c1-14-5-2-3-8-18(14)29-21(15-9-11-25-12-10-15)27-28-22(29)31-13-19(30)26-20-16(23)6-4-7-17(20)24/h2-12H,13H2,1H3,(H,26,30). The van der Waals surface area contributed by atoms with Crippen LogP contribution < -0.4 is 5.32 Å². The zero-order valence-corrected chi connectivity index (χ0v) is 17.2. The van der Waals surface area contributed by atoms with Gasteiger partial charge in [-0.25, -0.2) is 8.78 Å². The monoisotopic (exact) mass is 437 g/mol. The summed E-state index contributed by atoms with van der Waals surface area (Å²) in [5.74, 6) is -1.73. The van der Waals surface area contributed by atoms with Gasteiger partial charge in [0, 0.05) is 18.0 Å². The largest absolute Gasteiger partial charge is 0.320 e. The van der Waals surface area contributed by atoms with Gasteiger partial charge in [0.05, 0.1) is 11.4 Å². The lowest BCUT2D eigenvalue weighted by Gasteiger charge is -2.13. The molecule has 31 heavy (non-hydrogen) atoms. The lowest BCUT2D eigenvalue weighted by Crippen LogP contribution is -2.16. The molecule has 0 aliphatic rings. The fraction of sp³-hybridized carbons (Fsp3) is 0.0909. The van der Waals surface area contributed by atoms with Gasteiger partial charge < -0.3 is 5.32 Å². The highest BCUT2D eigenvalue weighted by Crippen LogP contribution is 2.29. The Labute approximate surface area is 181 Å². The smallest absolute Gasteiger partial charge is 0.235 e. The van der Waals surface area contributed by atoms with Crippen molar-refractivity contribution in [3.05, 3.63) is 84.2 Å². The number of halogens is 2. The Balaban J connectivity index is 1.62. The van der Waals surface area contributed by atoms with Crippen LogP contribution in [-0.2, 0) is 4.79 Å². The Morgan fingerprint density at radius 1 is 1.00 bits per heavy atom. The van der Waals surface area contributed by atoms with Gasteiger partial charge in [-0.3, -0.25) is 14.3 Å². The Morgan fingerprint density at radius 3 is 2.42 bits per heavy atom. The summed E-state index contributed by atoms with van der Waals surface area (Å²) in [4.78, 5) is 16.4. The molecule has 0 saturated carbocycles. The highest BCUT2D eigenvalue weighted by molar-refractivity contribution is 7.99. The number of amides is 1. The third-order valence-corrected chi connectivity index (χ3v) is 5.42. The van der Waals surface area contributed by atoms with Crippen molar-refractivity contribution in [2.45, 2.75) is 12.1 Å². The average molecular weight is 437 g/mol. The maximum absolute atomic E-state index is 13.8. The van der Waals surface area contributed by atoms with Gasteiger partial charge in [0.2, 0.25) is 5.91 Å². The van der Waals surface area contributed by atoms with Crippen molar-refractivity contribution in [3.8, 4) is 17.1 Å². The molecule has 2 aromatic heterocycles. The van der Waals surface area contributed by atoms with Gasteiger partial charge >= 0.3 is 0 Å². The van der Waals surface area contributed by atoms with Crippen LogP contribution in [0, 0.1) is 18.6 Å². The third kappa shape index (κ3) is 4.46. The number of para-hydroxylation sites is 2. The summed E-state index contributed by atoms with van der Waals surface area (Å²) in [5.41, 5.74) is 2.21. The van der Waals surface area contributed by atoms with Crippen LogP contribution in [0.15, 0.2) is 72.1 Å². The zero-order chi connectivity index (χ0) is 21.8.